The third-order valence-electron chi connectivity index (χ3n) is 3.14. The molecular formula is C17H22ClNO6. The standard InChI is InChI=1S/C17H22ClNO6/c1-4-13(16(21)23-12-9-7-11(18)8-10-12)19-17(22)25-15(6-3)24-14(20)5-2/h7-10,13,15H,4-6H2,1-3H3,(H,19,22). The third-order valence-corrected chi connectivity index (χ3v) is 3.39. The van der Waals surface area contributed by atoms with E-state index in [0.717, 1.165) is 0 Å². The van der Waals surface area contributed by atoms with Crippen LogP contribution in [-0.2, 0) is 19.1 Å². The Hall–Kier alpha value is -2.28. The van der Waals surface area contributed by atoms with E-state index in [1.807, 2.05) is 0 Å². The maximum atomic E-state index is 12.1. The molecule has 0 saturated carbocycles. The van der Waals surface area contributed by atoms with Crippen LogP contribution in [0.15, 0.2) is 24.3 Å². The summed E-state index contributed by atoms with van der Waals surface area (Å²) in [6.07, 6.45) is -1.10. The van der Waals surface area contributed by atoms with Crippen LogP contribution in [0.2, 0.25) is 5.02 Å². The highest BCUT2D eigenvalue weighted by molar-refractivity contribution is 6.30. The predicted octanol–water partition coefficient (Wildman–Crippen LogP) is 3.44. The quantitative estimate of drug-likeness (QED) is 0.427. The molecule has 8 heteroatoms. The summed E-state index contributed by atoms with van der Waals surface area (Å²) in [5, 5.41) is 2.92. The second-order valence-electron chi connectivity index (χ2n) is 5.07. The van der Waals surface area contributed by atoms with Crippen LogP contribution >= 0.6 is 11.6 Å². The zero-order valence-corrected chi connectivity index (χ0v) is 15.2. The van der Waals surface area contributed by atoms with Crippen molar-refractivity contribution in [2.24, 2.45) is 0 Å². The number of ether oxygens (including phenoxy) is 3. The molecule has 25 heavy (non-hydrogen) atoms. The summed E-state index contributed by atoms with van der Waals surface area (Å²) in [7, 11) is 0. The number of hydrogen-bond acceptors (Lipinski definition) is 6. The van der Waals surface area contributed by atoms with Gasteiger partial charge in [0.1, 0.15) is 11.8 Å². The van der Waals surface area contributed by atoms with Crippen molar-refractivity contribution in [3.8, 4) is 5.75 Å². The summed E-state index contributed by atoms with van der Waals surface area (Å²) in [6.45, 7) is 5.05. The van der Waals surface area contributed by atoms with Crippen LogP contribution in [0.5, 0.6) is 5.75 Å². The van der Waals surface area contributed by atoms with Crippen LogP contribution in [-0.4, -0.2) is 30.4 Å². The molecule has 1 aromatic rings. The molecular weight excluding hydrogens is 350 g/mol. The van der Waals surface area contributed by atoms with Crippen LogP contribution < -0.4 is 10.1 Å². The van der Waals surface area contributed by atoms with Gasteiger partial charge in [-0.2, -0.15) is 0 Å². The van der Waals surface area contributed by atoms with Crippen molar-refractivity contribution in [2.75, 3.05) is 0 Å². The Bertz CT molecular complexity index is 589. The van der Waals surface area contributed by atoms with Gasteiger partial charge >= 0.3 is 18.0 Å². The number of nitrogens with one attached hydrogen (secondary N) is 1. The highest BCUT2D eigenvalue weighted by Crippen LogP contribution is 2.16. The van der Waals surface area contributed by atoms with Crippen molar-refractivity contribution in [2.45, 2.75) is 52.4 Å². The summed E-state index contributed by atoms with van der Waals surface area (Å²) < 4.78 is 15.1. The molecule has 0 aromatic heterocycles. The Morgan fingerprint density at radius 2 is 1.68 bits per heavy atom. The number of carbonyl (C=O) groups is 3. The van der Waals surface area contributed by atoms with E-state index in [1.165, 1.54) is 0 Å². The average Bonchev–Trinajstić information content (AvgIpc) is 2.60. The van der Waals surface area contributed by atoms with Crippen LogP contribution in [0.4, 0.5) is 4.79 Å². The van der Waals surface area contributed by atoms with E-state index in [4.69, 9.17) is 25.8 Å². The minimum absolute atomic E-state index is 0.173. The Kier molecular flexibility index (Phi) is 8.77. The minimum atomic E-state index is -1.00. The van der Waals surface area contributed by atoms with Crippen LogP contribution in [0.25, 0.3) is 0 Å². The summed E-state index contributed by atoms with van der Waals surface area (Å²) in [5.74, 6) is -0.805. The normalized spacial score (nSPS) is 12.6. The highest BCUT2D eigenvalue weighted by Gasteiger charge is 2.24. The first-order valence-electron chi connectivity index (χ1n) is 8.03. The first-order chi connectivity index (χ1) is 11.9. The molecule has 2 atom stereocenters. The topological polar surface area (TPSA) is 90.9 Å². The molecule has 1 aromatic carbocycles. The van der Waals surface area contributed by atoms with E-state index in [1.54, 1.807) is 45.0 Å². The fourth-order valence-corrected chi connectivity index (χ4v) is 1.86. The van der Waals surface area contributed by atoms with E-state index < -0.39 is 30.4 Å². The van der Waals surface area contributed by atoms with E-state index >= 15 is 0 Å². The van der Waals surface area contributed by atoms with Crippen molar-refractivity contribution in [1.82, 2.24) is 5.32 Å². The van der Waals surface area contributed by atoms with Gasteiger partial charge in [0, 0.05) is 17.9 Å². The first kappa shape index (κ1) is 20.8. The Balaban J connectivity index is 2.57. The van der Waals surface area contributed by atoms with E-state index in [-0.39, 0.29) is 6.42 Å². The van der Waals surface area contributed by atoms with Gasteiger partial charge in [0.25, 0.3) is 0 Å². The molecule has 0 aliphatic heterocycles. The van der Waals surface area contributed by atoms with Gasteiger partial charge in [-0.05, 0) is 30.7 Å². The Morgan fingerprint density at radius 3 is 2.20 bits per heavy atom. The molecule has 0 fully saturated rings. The molecule has 0 spiro atoms. The third kappa shape index (κ3) is 7.43. The van der Waals surface area contributed by atoms with Gasteiger partial charge < -0.3 is 19.5 Å². The molecule has 0 saturated heterocycles. The van der Waals surface area contributed by atoms with Crippen molar-refractivity contribution < 1.29 is 28.6 Å². The van der Waals surface area contributed by atoms with Crippen molar-refractivity contribution >= 4 is 29.6 Å². The van der Waals surface area contributed by atoms with Gasteiger partial charge in [0.15, 0.2) is 0 Å². The van der Waals surface area contributed by atoms with Crippen LogP contribution in [0, 0.1) is 0 Å². The SMILES string of the molecule is CCC(=O)OC(CC)OC(=O)NC(CC)C(=O)Oc1ccc(Cl)cc1. The number of carbonyl (C=O) groups excluding carboxylic acids is 3. The molecule has 138 valence electrons. The second kappa shape index (κ2) is 10.6. The lowest BCUT2D eigenvalue weighted by atomic mass is 10.2. The average molecular weight is 372 g/mol. The fourth-order valence-electron chi connectivity index (χ4n) is 1.73. The largest absolute Gasteiger partial charge is 0.425 e. The van der Waals surface area contributed by atoms with Gasteiger partial charge in [-0.25, -0.2) is 9.59 Å². The number of benzene rings is 1. The molecule has 2 unspecified atom stereocenters. The van der Waals surface area contributed by atoms with Crippen LogP contribution in [0.3, 0.4) is 0 Å². The lowest BCUT2D eigenvalue weighted by Crippen LogP contribution is -2.44. The second-order valence-corrected chi connectivity index (χ2v) is 5.50. The number of rotatable bonds is 8. The molecule has 0 aliphatic rings. The summed E-state index contributed by atoms with van der Waals surface area (Å²) in [5.41, 5.74) is 0. The number of halogens is 1. The zero-order chi connectivity index (χ0) is 18.8. The van der Waals surface area contributed by atoms with Gasteiger partial charge in [-0.1, -0.05) is 32.4 Å². The predicted molar refractivity (Wildman–Crippen MR) is 91.2 cm³/mol. The van der Waals surface area contributed by atoms with Crippen molar-refractivity contribution in [3.63, 3.8) is 0 Å². The maximum Gasteiger partial charge on any atom is 0.410 e. The molecule has 1 amide bonds. The molecule has 0 aliphatic carbocycles. The summed E-state index contributed by atoms with van der Waals surface area (Å²) in [6, 6.07) is 5.36. The maximum absolute atomic E-state index is 12.1. The monoisotopic (exact) mass is 371 g/mol. The minimum Gasteiger partial charge on any atom is -0.425 e. The molecule has 1 rings (SSSR count). The van der Waals surface area contributed by atoms with E-state index in [0.29, 0.717) is 23.6 Å². The first-order valence-corrected chi connectivity index (χ1v) is 8.41. The number of hydrogen-bond donors (Lipinski definition) is 1. The molecule has 1 N–H and O–H groups in total. The lowest BCUT2D eigenvalue weighted by Gasteiger charge is -2.19. The van der Waals surface area contributed by atoms with Gasteiger partial charge in [0.05, 0.1) is 0 Å². The molecule has 0 bridgehead atoms. The van der Waals surface area contributed by atoms with E-state index in [9.17, 15) is 14.4 Å². The number of alkyl carbamates (subject to hydrolysis) is 1. The van der Waals surface area contributed by atoms with Crippen molar-refractivity contribution in [3.05, 3.63) is 29.3 Å². The number of amides is 1. The Morgan fingerprint density at radius 1 is 1.04 bits per heavy atom. The summed E-state index contributed by atoms with van der Waals surface area (Å²) in [4.78, 5) is 35.3. The van der Waals surface area contributed by atoms with Crippen LogP contribution in [0.1, 0.15) is 40.0 Å². The summed E-state index contributed by atoms with van der Waals surface area (Å²) >= 11 is 5.77. The van der Waals surface area contributed by atoms with Gasteiger partial charge in [-0.3, -0.25) is 4.79 Å². The van der Waals surface area contributed by atoms with E-state index in [2.05, 4.69) is 5.32 Å². The molecule has 0 radical (unpaired) electrons. The van der Waals surface area contributed by atoms with Gasteiger partial charge in [0.2, 0.25) is 6.29 Å². The smallest absolute Gasteiger partial charge is 0.410 e. The lowest BCUT2D eigenvalue weighted by molar-refractivity contribution is -0.168. The fraction of sp³-hybridized carbons (Fsp3) is 0.471. The van der Waals surface area contributed by atoms with Gasteiger partial charge in [-0.15, -0.1) is 0 Å². The highest BCUT2D eigenvalue weighted by atomic mass is 35.5. The molecule has 0 heterocycles. The van der Waals surface area contributed by atoms with Crippen molar-refractivity contribution in [1.29, 1.82) is 0 Å². The molecule has 7 nitrogen and oxygen atoms in total. The zero-order valence-electron chi connectivity index (χ0n) is 14.4. The Labute approximate surface area is 151 Å². The number of esters is 2.